The summed E-state index contributed by atoms with van der Waals surface area (Å²) < 4.78 is 5.30. The molecule has 0 spiro atoms. The first-order chi connectivity index (χ1) is 8.26. The molecule has 1 aliphatic rings. The van der Waals surface area contributed by atoms with E-state index in [1.54, 1.807) is 7.11 Å². The molecule has 2 N–H and O–H groups in total. The van der Waals surface area contributed by atoms with Crippen molar-refractivity contribution in [1.82, 2.24) is 4.90 Å². The van der Waals surface area contributed by atoms with Gasteiger partial charge in [-0.3, -0.25) is 4.90 Å². The van der Waals surface area contributed by atoms with Crippen molar-refractivity contribution < 1.29 is 4.74 Å². The van der Waals surface area contributed by atoms with Crippen LogP contribution in [0.3, 0.4) is 0 Å². The number of nitrogens with zero attached hydrogens (tertiary/aromatic N) is 1. The maximum Gasteiger partial charge on any atom is 0.0615 e. The van der Waals surface area contributed by atoms with Gasteiger partial charge in [0.05, 0.1) is 6.61 Å². The van der Waals surface area contributed by atoms with Gasteiger partial charge in [-0.2, -0.15) is 0 Å². The first-order valence-electron chi connectivity index (χ1n) is 7.18. The fourth-order valence-corrected chi connectivity index (χ4v) is 4.09. The summed E-state index contributed by atoms with van der Waals surface area (Å²) in [6, 6.07) is 0.416. The van der Waals surface area contributed by atoms with Crippen LogP contribution in [0.15, 0.2) is 0 Å². The van der Waals surface area contributed by atoms with E-state index < -0.39 is 0 Å². The zero-order chi connectivity index (χ0) is 14.0. The Hall–Kier alpha value is -0.120. The van der Waals surface area contributed by atoms with E-state index in [4.69, 9.17) is 10.5 Å². The van der Waals surface area contributed by atoms with Crippen molar-refractivity contribution in [2.75, 3.05) is 27.3 Å². The number of rotatable bonds is 5. The second-order valence-electron chi connectivity index (χ2n) is 7.20. The third-order valence-electron chi connectivity index (χ3n) is 4.63. The van der Waals surface area contributed by atoms with E-state index in [0.29, 0.717) is 11.5 Å². The monoisotopic (exact) mass is 256 g/mol. The Bertz CT molecular complexity index is 267. The summed E-state index contributed by atoms with van der Waals surface area (Å²) in [6.45, 7) is 10.9. The predicted molar refractivity (Wildman–Crippen MR) is 77.7 cm³/mol. The summed E-state index contributed by atoms with van der Waals surface area (Å²) >= 11 is 0. The first-order valence-corrected chi connectivity index (χ1v) is 7.18. The van der Waals surface area contributed by atoms with E-state index >= 15 is 0 Å². The largest absolute Gasteiger partial charge is 0.383 e. The lowest BCUT2D eigenvalue weighted by atomic mass is 9.63. The van der Waals surface area contributed by atoms with Crippen LogP contribution in [0.1, 0.15) is 47.0 Å². The number of hydrogen-bond donors (Lipinski definition) is 1. The van der Waals surface area contributed by atoms with Crippen LogP contribution in [-0.2, 0) is 4.74 Å². The van der Waals surface area contributed by atoms with Crippen LogP contribution in [0.25, 0.3) is 0 Å². The fourth-order valence-electron chi connectivity index (χ4n) is 4.09. The summed E-state index contributed by atoms with van der Waals surface area (Å²) in [5.41, 5.74) is 6.70. The highest BCUT2D eigenvalue weighted by Crippen LogP contribution is 2.46. The van der Waals surface area contributed by atoms with E-state index in [0.717, 1.165) is 19.1 Å². The molecule has 1 saturated carbocycles. The molecule has 3 nitrogen and oxygen atoms in total. The Kier molecular flexibility index (Phi) is 5.22. The van der Waals surface area contributed by atoms with Gasteiger partial charge in [-0.1, -0.05) is 20.8 Å². The lowest BCUT2D eigenvalue weighted by Gasteiger charge is -2.53. The lowest BCUT2D eigenvalue weighted by Crippen LogP contribution is -2.60. The second kappa shape index (κ2) is 5.89. The molecule has 3 atom stereocenters. The molecule has 18 heavy (non-hydrogen) atoms. The van der Waals surface area contributed by atoms with E-state index in [9.17, 15) is 0 Å². The summed E-state index contributed by atoms with van der Waals surface area (Å²) in [4.78, 5) is 2.47. The van der Waals surface area contributed by atoms with Crippen LogP contribution >= 0.6 is 0 Å². The van der Waals surface area contributed by atoms with Crippen LogP contribution < -0.4 is 5.73 Å². The maximum atomic E-state index is 6.17. The van der Waals surface area contributed by atoms with Crippen LogP contribution in [-0.4, -0.2) is 43.8 Å². The van der Waals surface area contributed by atoms with Gasteiger partial charge in [0.25, 0.3) is 0 Å². The summed E-state index contributed by atoms with van der Waals surface area (Å²) in [6.07, 6.45) is 3.70. The van der Waals surface area contributed by atoms with Crippen molar-refractivity contribution in [1.29, 1.82) is 0 Å². The molecular weight excluding hydrogens is 224 g/mol. The average Bonchev–Trinajstić information content (AvgIpc) is 2.25. The van der Waals surface area contributed by atoms with Gasteiger partial charge < -0.3 is 10.5 Å². The molecule has 0 aromatic carbocycles. The maximum absolute atomic E-state index is 6.17. The molecule has 0 amide bonds. The topological polar surface area (TPSA) is 38.5 Å². The zero-order valence-corrected chi connectivity index (χ0v) is 13.1. The minimum Gasteiger partial charge on any atom is -0.383 e. The van der Waals surface area contributed by atoms with Gasteiger partial charge in [0.2, 0.25) is 0 Å². The molecule has 0 bridgehead atoms. The third-order valence-corrected chi connectivity index (χ3v) is 4.63. The Morgan fingerprint density at radius 3 is 2.44 bits per heavy atom. The SMILES string of the molecule is COCC(C)N(C)C1(CN)CC(C)CC(C)(C)C1. The molecule has 0 aromatic rings. The van der Waals surface area contributed by atoms with Gasteiger partial charge in [-0.25, -0.2) is 0 Å². The predicted octanol–water partition coefficient (Wildman–Crippen LogP) is 2.50. The number of ether oxygens (including phenoxy) is 1. The smallest absolute Gasteiger partial charge is 0.0615 e. The Labute approximate surface area is 113 Å². The van der Waals surface area contributed by atoms with Crippen molar-refractivity contribution in [3.63, 3.8) is 0 Å². The van der Waals surface area contributed by atoms with E-state index in [1.165, 1.54) is 19.3 Å². The summed E-state index contributed by atoms with van der Waals surface area (Å²) in [5.74, 6) is 0.745. The van der Waals surface area contributed by atoms with Crippen LogP contribution in [0, 0.1) is 11.3 Å². The van der Waals surface area contributed by atoms with E-state index in [2.05, 4.69) is 39.6 Å². The lowest BCUT2D eigenvalue weighted by molar-refractivity contribution is -0.0321. The molecule has 0 radical (unpaired) electrons. The van der Waals surface area contributed by atoms with Crippen molar-refractivity contribution in [2.24, 2.45) is 17.1 Å². The Balaban J connectivity index is 2.89. The third kappa shape index (κ3) is 3.46. The molecule has 1 aliphatic carbocycles. The molecule has 108 valence electrons. The molecule has 1 fully saturated rings. The van der Waals surface area contributed by atoms with Crippen LogP contribution in [0.5, 0.6) is 0 Å². The quantitative estimate of drug-likeness (QED) is 0.821. The fraction of sp³-hybridized carbons (Fsp3) is 1.00. The number of likely N-dealkylation sites (N-methyl/N-ethyl adjacent to an activating group) is 1. The van der Waals surface area contributed by atoms with E-state index in [-0.39, 0.29) is 5.54 Å². The molecule has 1 rings (SSSR count). The minimum atomic E-state index is 0.138. The standard InChI is InChI=1S/C15H32N2O/c1-12-7-14(3,4)10-15(8-12,11-16)17(5)13(2)9-18-6/h12-13H,7-11,16H2,1-6H3. The van der Waals surface area contributed by atoms with Gasteiger partial charge in [0, 0.05) is 25.2 Å². The van der Waals surface area contributed by atoms with Crippen LogP contribution in [0.2, 0.25) is 0 Å². The molecule has 0 aromatic heterocycles. The number of nitrogens with two attached hydrogens (primary N) is 1. The zero-order valence-electron chi connectivity index (χ0n) is 13.1. The highest BCUT2D eigenvalue weighted by molar-refractivity contribution is 5.01. The highest BCUT2D eigenvalue weighted by Gasteiger charge is 2.45. The van der Waals surface area contributed by atoms with Crippen molar-refractivity contribution in [3.05, 3.63) is 0 Å². The summed E-state index contributed by atoms with van der Waals surface area (Å²) in [5, 5.41) is 0. The van der Waals surface area contributed by atoms with Gasteiger partial charge >= 0.3 is 0 Å². The Morgan fingerprint density at radius 2 is 2.00 bits per heavy atom. The van der Waals surface area contributed by atoms with Gasteiger partial charge in [-0.05, 0) is 44.6 Å². The van der Waals surface area contributed by atoms with Crippen LogP contribution in [0.4, 0.5) is 0 Å². The molecule has 3 unspecified atom stereocenters. The van der Waals surface area contributed by atoms with Gasteiger partial charge in [0.1, 0.15) is 0 Å². The minimum absolute atomic E-state index is 0.138. The van der Waals surface area contributed by atoms with Crippen molar-refractivity contribution >= 4 is 0 Å². The van der Waals surface area contributed by atoms with Gasteiger partial charge in [0.15, 0.2) is 0 Å². The first kappa shape index (κ1) is 15.9. The van der Waals surface area contributed by atoms with Crippen molar-refractivity contribution in [3.8, 4) is 0 Å². The van der Waals surface area contributed by atoms with E-state index in [1.807, 2.05) is 0 Å². The molecule has 3 heteroatoms. The highest BCUT2D eigenvalue weighted by atomic mass is 16.5. The summed E-state index contributed by atoms with van der Waals surface area (Å²) in [7, 11) is 3.98. The Morgan fingerprint density at radius 1 is 1.39 bits per heavy atom. The average molecular weight is 256 g/mol. The molecule has 0 aliphatic heterocycles. The van der Waals surface area contributed by atoms with Gasteiger partial charge in [-0.15, -0.1) is 0 Å². The second-order valence-corrected chi connectivity index (χ2v) is 7.20. The number of hydrogen-bond acceptors (Lipinski definition) is 3. The van der Waals surface area contributed by atoms with Crippen molar-refractivity contribution in [2.45, 2.75) is 58.5 Å². The molecule has 0 saturated heterocycles. The number of methoxy groups -OCH3 is 1. The molecular formula is C15H32N2O. The normalized spacial score (nSPS) is 33.7. The molecule has 0 heterocycles.